The molecule has 1 heterocycles. The first-order valence-electron chi connectivity index (χ1n) is 8.04. The maximum Gasteiger partial charge on any atom is 0.272 e. The van der Waals surface area contributed by atoms with Gasteiger partial charge in [0.05, 0.1) is 15.9 Å². The topological polar surface area (TPSA) is 92.6 Å². The zero-order valence-electron chi connectivity index (χ0n) is 14.5. The minimum Gasteiger partial charge on any atom is -0.313 e. The lowest BCUT2D eigenvalue weighted by Gasteiger charge is -2.35. The third kappa shape index (κ3) is 4.25. The van der Waals surface area contributed by atoms with Crippen LogP contribution in [0.5, 0.6) is 0 Å². The molecule has 3 rings (SSSR count). The minimum absolute atomic E-state index is 0. The molecule has 7 nitrogen and oxygen atoms in total. The molecular formula is C17H19Cl2N3O4S. The second-order valence-electron chi connectivity index (χ2n) is 6.06. The number of rotatable bonds is 4. The van der Waals surface area contributed by atoms with Gasteiger partial charge in [-0.25, -0.2) is 8.42 Å². The number of nitro groups is 1. The third-order valence-electron chi connectivity index (χ3n) is 4.43. The van der Waals surface area contributed by atoms with Gasteiger partial charge in [0, 0.05) is 36.3 Å². The fraction of sp³-hybridized carbons (Fsp3) is 0.294. The largest absolute Gasteiger partial charge is 0.313 e. The molecule has 1 atom stereocenters. The number of halogens is 2. The van der Waals surface area contributed by atoms with E-state index in [0.29, 0.717) is 23.7 Å². The van der Waals surface area contributed by atoms with Gasteiger partial charge in [0.1, 0.15) is 0 Å². The number of hydrogen-bond donors (Lipinski definition) is 1. The van der Waals surface area contributed by atoms with E-state index in [4.69, 9.17) is 11.6 Å². The van der Waals surface area contributed by atoms with Gasteiger partial charge in [0.2, 0.25) is 10.0 Å². The van der Waals surface area contributed by atoms with E-state index in [0.717, 1.165) is 5.56 Å². The van der Waals surface area contributed by atoms with Crippen molar-refractivity contribution in [3.05, 3.63) is 68.7 Å². The summed E-state index contributed by atoms with van der Waals surface area (Å²) in [6.07, 6.45) is 0. The highest BCUT2D eigenvalue weighted by Crippen LogP contribution is 2.33. The second-order valence-corrected chi connectivity index (χ2v) is 8.36. The lowest BCUT2D eigenvalue weighted by Crippen LogP contribution is -2.48. The van der Waals surface area contributed by atoms with Crippen LogP contribution in [0.25, 0.3) is 0 Å². The molecule has 0 radical (unpaired) electrons. The number of nitrogens with one attached hydrogen (secondary N) is 1. The quantitative estimate of drug-likeness (QED) is 0.591. The van der Waals surface area contributed by atoms with Crippen LogP contribution in [0.15, 0.2) is 47.4 Å². The SMILES string of the molecule is Cc1cc(S(=O)(=O)N2CCNCC2c2ccccc2Cl)ccc1[N+](=O)[O-].Cl. The highest BCUT2D eigenvalue weighted by atomic mass is 35.5. The Hall–Kier alpha value is -1.71. The number of nitrogens with zero attached hydrogens (tertiary/aromatic N) is 2. The summed E-state index contributed by atoms with van der Waals surface area (Å²) in [6.45, 7) is 2.77. The molecule has 1 N–H and O–H groups in total. The fourth-order valence-electron chi connectivity index (χ4n) is 3.11. The molecule has 1 aliphatic heterocycles. The van der Waals surface area contributed by atoms with Gasteiger partial charge in [-0.2, -0.15) is 4.31 Å². The fourth-order valence-corrected chi connectivity index (χ4v) is 5.07. The molecule has 0 amide bonds. The van der Waals surface area contributed by atoms with Gasteiger partial charge in [-0.05, 0) is 30.7 Å². The standard InChI is InChI=1S/C17H18ClN3O4S.ClH/c1-12-10-13(6-7-16(12)21(22)23)26(24,25)20-9-8-19-11-17(20)14-4-2-3-5-15(14)18;/h2-7,10,17,19H,8-9,11H2,1H3;1H. The van der Waals surface area contributed by atoms with Crippen LogP contribution >= 0.6 is 24.0 Å². The van der Waals surface area contributed by atoms with Gasteiger partial charge in [-0.3, -0.25) is 10.1 Å². The molecule has 1 unspecified atom stereocenters. The highest BCUT2D eigenvalue weighted by Gasteiger charge is 2.35. The van der Waals surface area contributed by atoms with Crippen molar-refractivity contribution in [3.8, 4) is 0 Å². The van der Waals surface area contributed by atoms with E-state index < -0.39 is 21.0 Å². The van der Waals surface area contributed by atoms with Gasteiger partial charge < -0.3 is 5.32 Å². The number of aryl methyl sites for hydroxylation is 1. The van der Waals surface area contributed by atoms with Crippen LogP contribution in [-0.2, 0) is 10.0 Å². The summed E-state index contributed by atoms with van der Waals surface area (Å²) in [5.74, 6) is 0. The van der Waals surface area contributed by atoms with Crippen LogP contribution in [-0.4, -0.2) is 37.3 Å². The summed E-state index contributed by atoms with van der Waals surface area (Å²) < 4.78 is 27.8. The molecule has 0 saturated carbocycles. The Morgan fingerprint density at radius 1 is 1.26 bits per heavy atom. The van der Waals surface area contributed by atoms with Crippen LogP contribution in [0, 0.1) is 17.0 Å². The van der Waals surface area contributed by atoms with E-state index in [1.807, 2.05) is 12.1 Å². The van der Waals surface area contributed by atoms with Gasteiger partial charge in [0.15, 0.2) is 0 Å². The molecule has 2 aromatic rings. The van der Waals surface area contributed by atoms with Crippen LogP contribution in [0.2, 0.25) is 5.02 Å². The first kappa shape index (κ1) is 21.6. The summed E-state index contributed by atoms with van der Waals surface area (Å²) >= 11 is 6.28. The van der Waals surface area contributed by atoms with E-state index in [1.54, 1.807) is 12.1 Å². The molecule has 0 bridgehead atoms. The first-order valence-corrected chi connectivity index (χ1v) is 9.86. The van der Waals surface area contributed by atoms with E-state index in [9.17, 15) is 18.5 Å². The second kappa shape index (κ2) is 8.53. The average molecular weight is 432 g/mol. The van der Waals surface area contributed by atoms with Gasteiger partial charge >= 0.3 is 0 Å². The van der Waals surface area contributed by atoms with E-state index in [2.05, 4.69) is 5.32 Å². The van der Waals surface area contributed by atoms with E-state index >= 15 is 0 Å². The average Bonchev–Trinajstić information content (AvgIpc) is 2.61. The number of piperazine rings is 1. The molecule has 2 aromatic carbocycles. The van der Waals surface area contributed by atoms with Crippen LogP contribution in [0.3, 0.4) is 0 Å². The van der Waals surface area contributed by atoms with Gasteiger partial charge in [-0.15, -0.1) is 12.4 Å². The molecule has 10 heteroatoms. The number of benzene rings is 2. The van der Waals surface area contributed by atoms with Crippen molar-refractivity contribution in [3.63, 3.8) is 0 Å². The third-order valence-corrected chi connectivity index (χ3v) is 6.68. The summed E-state index contributed by atoms with van der Waals surface area (Å²) in [6, 6.07) is 10.6. The van der Waals surface area contributed by atoms with Gasteiger partial charge in [-0.1, -0.05) is 29.8 Å². The van der Waals surface area contributed by atoms with E-state index in [1.165, 1.54) is 29.4 Å². The van der Waals surface area contributed by atoms with Crippen molar-refractivity contribution in [2.24, 2.45) is 0 Å². The Kier molecular flexibility index (Phi) is 6.82. The molecule has 1 fully saturated rings. The van der Waals surface area contributed by atoms with Crippen molar-refractivity contribution >= 4 is 39.7 Å². The predicted octanol–water partition coefficient (Wildman–Crippen LogP) is 3.31. The lowest BCUT2D eigenvalue weighted by atomic mass is 10.1. The van der Waals surface area contributed by atoms with Crippen molar-refractivity contribution < 1.29 is 13.3 Å². The smallest absolute Gasteiger partial charge is 0.272 e. The highest BCUT2D eigenvalue weighted by molar-refractivity contribution is 7.89. The van der Waals surface area contributed by atoms with Crippen molar-refractivity contribution in [1.82, 2.24) is 9.62 Å². The first-order chi connectivity index (χ1) is 12.3. The molecule has 0 aromatic heterocycles. The Morgan fingerprint density at radius 3 is 2.59 bits per heavy atom. The molecule has 0 aliphatic carbocycles. The maximum absolute atomic E-state index is 13.2. The van der Waals surface area contributed by atoms with Crippen LogP contribution in [0.1, 0.15) is 17.2 Å². The Labute approximate surface area is 168 Å². The summed E-state index contributed by atoms with van der Waals surface area (Å²) in [5, 5.41) is 14.7. The lowest BCUT2D eigenvalue weighted by molar-refractivity contribution is -0.385. The molecule has 1 aliphatic rings. The Morgan fingerprint density at radius 2 is 1.96 bits per heavy atom. The Balaban J connectivity index is 0.00000261. The zero-order valence-corrected chi connectivity index (χ0v) is 16.9. The molecule has 146 valence electrons. The van der Waals surface area contributed by atoms with Gasteiger partial charge in [0.25, 0.3) is 5.69 Å². The molecule has 0 spiro atoms. The van der Waals surface area contributed by atoms with E-state index in [-0.39, 0.29) is 29.5 Å². The summed E-state index contributed by atoms with van der Waals surface area (Å²) in [5.41, 5.74) is 0.927. The summed E-state index contributed by atoms with van der Waals surface area (Å²) in [4.78, 5) is 10.5. The number of nitro benzene ring substituents is 1. The van der Waals surface area contributed by atoms with Crippen LogP contribution in [0.4, 0.5) is 5.69 Å². The summed E-state index contributed by atoms with van der Waals surface area (Å²) in [7, 11) is -3.83. The van der Waals surface area contributed by atoms with Crippen molar-refractivity contribution in [2.45, 2.75) is 17.9 Å². The Bertz CT molecular complexity index is 953. The predicted molar refractivity (Wildman–Crippen MR) is 106 cm³/mol. The van der Waals surface area contributed by atoms with Crippen molar-refractivity contribution in [2.75, 3.05) is 19.6 Å². The molecule has 27 heavy (non-hydrogen) atoms. The molecule has 1 saturated heterocycles. The monoisotopic (exact) mass is 431 g/mol. The van der Waals surface area contributed by atoms with Crippen LogP contribution < -0.4 is 5.32 Å². The van der Waals surface area contributed by atoms with Crippen molar-refractivity contribution in [1.29, 1.82) is 0 Å². The number of hydrogen-bond acceptors (Lipinski definition) is 5. The normalized spacial score (nSPS) is 17.9. The number of sulfonamides is 1. The molecular weight excluding hydrogens is 413 g/mol. The zero-order chi connectivity index (χ0) is 18.9. The maximum atomic E-state index is 13.2. The minimum atomic E-state index is -3.83.